The number of rotatable bonds is 31. The molecule has 1 nitrogen and oxygen atoms in total. The zero-order valence-electron chi connectivity index (χ0n) is 29.5. The first-order valence-corrected chi connectivity index (χ1v) is 19.6. The Labute approximate surface area is 267 Å². The van der Waals surface area contributed by atoms with E-state index in [1.807, 2.05) is 12.1 Å². The fourth-order valence-electron chi connectivity index (χ4n) is 6.01. The maximum absolute atomic E-state index is 5.71. The van der Waals surface area contributed by atoms with E-state index in [4.69, 9.17) is 5.73 Å². The van der Waals surface area contributed by atoms with E-state index in [0.29, 0.717) is 0 Å². The van der Waals surface area contributed by atoms with Gasteiger partial charge in [-0.3, -0.25) is 0 Å². The Kier molecular flexibility index (Phi) is 35.4. The van der Waals surface area contributed by atoms with Crippen LogP contribution >= 0.6 is 0 Å². The highest BCUT2D eigenvalue weighted by atomic mass is 14.5. The molecule has 42 heavy (non-hydrogen) atoms. The van der Waals surface area contributed by atoms with Crippen LogP contribution in [0.1, 0.15) is 225 Å². The van der Waals surface area contributed by atoms with Crippen LogP contribution in [0.15, 0.2) is 24.3 Å². The summed E-state index contributed by atoms with van der Waals surface area (Å²) in [6, 6.07) is 8.35. The van der Waals surface area contributed by atoms with Crippen molar-refractivity contribution in [1.82, 2.24) is 0 Å². The molecule has 0 fully saturated rings. The first-order chi connectivity index (χ1) is 20.7. The molecule has 1 heteroatoms. The van der Waals surface area contributed by atoms with Gasteiger partial charge in [0.2, 0.25) is 0 Å². The van der Waals surface area contributed by atoms with Gasteiger partial charge in [0, 0.05) is 5.69 Å². The van der Waals surface area contributed by atoms with Gasteiger partial charge >= 0.3 is 0 Å². The molecule has 1 aromatic rings. The van der Waals surface area contributed by atoms with E-state index in [9.17, 15) is 0 Å². The third-order valence-electron chi connectivity index (χ3n) is 9.01. The largest absolute Gasteiger partial charge is 0.399 e. The lowest BCUT2D eigenvalue weighted by molar-refractivity contribution is 0.529. The van der Waals surface area contributed by atoms with Gasteiger partial charge in [-0.05, 0) is 30.5 Å². The lowest BCUT2D eigenvalue weighted by atomic mass is 10.0. The first kappa shape index (κ1) is 41.0. The molecule has 0 aliphatic carbocycles. The van der Waals surface area contributed by atoms with Gasteiger partial charge in [-0.2, -0.15) is 0 Å². The van der Waals surface area contributed by atoms with Crippen LogP contribution in [0.4, 0.5) is 5.69 Å². The highest BCUT2D eigenvalue weighted by Crippen LogP contribution is 2.16. The smallest absolute Gasteiger partial charge is 0.0314 e. The van der Waals surface area contributed by atoms with Crippen LogP contribution in [0.3, 0.4) is 0 Å². The number of aryl methyl sites for hydroxylation is 1. The van der Waals surface area contributed by atoms with Crippen molar-refractivity contribution in [2.75, 3.05) is 5.73 Å². The van der Waals surface area contributed by atoms with E-state index >= 15 is 0 Å². The molecule has 1 aromatic carbocycles. The van der Waals surface area contributed by atoms with Gasteiger partial charge in [-0.25, -0.2) is 0 Å². The van der Waals surface area contributed by atoms with Gasteiger partial charge in [0.1, 0.15) is 0 Å². The molecule has 0 heterocycles. The van der Waals surface area contributed by atoms with Gasteiger partial charge in [-0.15, -0.1) is 0 Å². The number of hydrogen-bond donors (Lipinski definition) is 1. The molecule has 0 saturated carbocycles. The van der Waals surface area contributed by atoms with E-state index in [0.717, 1.165) is 5.69 Å². The zero-order valence-corrected chi connectivity index (χ0v) is 29.5. The van der Waals surface area contributed by atoms with Gasteiger partial charge in [0.25, 0.3) is 0 Å². The molecule has 0 radical (unpaired) electrons. The second-order valence-electron chi connectivity index (χ2n) is 13.4. The number of anilines is 1. The standard InChI is InChI=1S/C22H39N.C19H40/c1-2-3-4-5-6-7-8-9-10-11-12-13-14-15-16-21-17-19-22(23)20-18-21;1-3-5-7-9-11-13-15-17-19-18-16-14-12-10-8-6-4-2/h17-20H,2-16,23H2,1H3;3-19H2,1-2H3. The van der Waals surface area contributed by atoms with Crippen LogP contribution in [0.25, 0.3) is 0 Å². The lowest BCUT2D eigenvalue weighted by Gasteiger charge is -2.04. The number of benzene rings is 1. The summed E-state index contributed by atoms with van der Waals surface area (Å²) >= 11 is 0. The predicted molar refractivity (Wildman–Crippen MR) is 195 cm³/mol. The van der Waals surface area contributed by atoms with E-state index in [-0.39, 0.29) is 0 Å². The molecular formula is C41H79N. The number of hydrogen-bond acceptors (Lipinski definition) is 1. The Hall–Kier alpha value is -0.980. The second kappa shape index (κ2) is 36.2. The highest BCUT2D eigenvalue weighted by molar-refractivity contribution is 5.39. The molecule has 0 saturated heterocycles. The number of nitrogens with two attached hydrogens (primary N) is 1. The molecule has 0 aliphatic rings. The Morgan fingerprint density at radius 1 is 0.310 bits per heavy atom. The van der Waals surface area contributed by atoms with E-state index in [1.54, 1.807) is 0 Å². The van der Waals surface area contributed by atoms with Crippen molar-refractivity contribution in [3.05, 3.63) is 29.8 Å². The van der Waals surface area contributed by atoms with Crippen molar-refractivity contribution in [3.63, 3.8) is 0 Å². The number of nitrogen functional groups attached to an aromatic ring is 1. The monoisotopic (exact) mass is 586 g/mol. The van der Waals surface area contributed by atoms with Crippen LogP contribution in [0, 0.1) is 0 Å². The minimum absolute atomic E-state index is 0.870. The molecule has 0 bridgehead atoms. The van der Waals surface area contributed by atoms with Crippen LogP contribution < -0.4 is 5.73 Å². The minimum atomic E-state index is 0.870. The van der Waals surface area contributed by atoms with Crippen molar-refractivity contribution in [2.45, 2.75) is 226 Å². The van der Waals surface area contributed by atoms with Crippen molar-refractivity contribution in [1.29, 1.82) is 0 Å². The second-order valence-corrected chi connectivity index (χ2v) is 13.4. The Morgan fingerprint density at radius 3 is 0.762 bits per heavy atom. The topological polar surface area (TPSA) is 26.0 Å². The van der Waals surface area contributed by atoms with E-state index in [1.165, 1.54) is 211 Å². The molecule has 0 amide bonds. The lowest BCUT2D eigenvalue weighted by Crippen LogP contribution is -1.88. The van der Waals surface area contributed by atoms with Crippen LogP contribution in [-0.2, 0) is 6.42 Å². The van der Waals surface area contributed by atoms with Crippen molar-refractivity contribution < 1.29 is 0 Å². The third kappa shape index (κ3) is 33.5. The third-order valence-corrected chi connectivity index (χ3v) is 9.01. The SMILES string of the molecule is CCCCCCCCCCCCCCCCCCC.CCCCCCCCCCCCCCCCc1ccc(N)cc1. The van der Waals surface area contributed by atoms with Gasteiger partial charge in [0.05, 0.1) is 0 Å². The molecule has 2 N–H and O–H groups in total. The first-order valence-electron chi connectivity index (χ1n) is 19.6. The average molecular weight is 586 g/mol. The fraction of sp³-hybridized carbons (Fsp3) is 0.854. The summed E-state index contributed by atoms with van der Waals surface area (Å²) < 4.78 is 0. The molecular weight excluding hydrogens is 506 g/mol. The van der Waals surface area contributed by atoms with Crippen LogP contribution in [0.2, 0.25) is 0 Å². The summed E-state index contributed by atoms with van der Waals surface area (Å²) in [5.74, 6) is 0. The van der Waals surface area contributed by atoms with Crippen molar-refractivity contribution >= 4 is 5.69 Å². The Balaban J connectivity index is 0.000000817. The summed E-state index contributed by atoms with van der Waals surface area (Å²) in [7, 11) is 0. The van der Waals surface area contributed by atoms with Crippen molar-refractivity contribution in [2.24, 2.45) is 0 Å². The molecule has 0 aromatic heterocycles. The summed E-state index contributed by atoms with van der Waals surface area (Å²) in [6.45, 7) is 6.88. The molecule has 248 valence electrons. The fourth-order valence-corrected chi connectivity index (χ4v) is 6.01. The molecule has 0 spiro atoms. The summed E-state index contributed by atoms with van der Waals surface area (Å²) in [4.78, 5) is 0. The molecule has 0 aliphatic heterocycles. The molecule has 0 atom stereocenters. The normalized spacial score (nSPS) is 11.0. The van der Waals surface area contributed by atoms with Crippen LogP contribution in [0.5, 0.6) is 0 Å². The van der Waals surface area contributed by atoms with Gasteiger partial charge in [-0.1, -0.05) is 226 Å². The van der Waals surface area contributed by atoms with E-state index < -0.39 is 0 Å². The maximum Gasteiger partial charge on any atom is 0.0314 e. The quantitative estimate of drug-likeness (QED) is 0.0680. The number of unbranched alkanes of at least 4 members (excludes halogenated alkanes) is 29. The summed E-state index contributed by atoms with van der Waals surface area (Å²) in [5, 5.41) is 0. The highest BCUT2D eigenvalue weighted by Gasteiger charge is 1.97. The van der Waals surface area contributed by atoms with E-state index in [2.05, 4.69) is 32.9 Å². The predicted octanol–water partition coefficient (Wildman–Crippen LogP) is 15.0. The maximum atomic E-state index is 5.71. The average Bonchev–Trinajstić information content (AvgIpc) is 3.00. The molecule has 1 rings (SSSR count). The Morgan fingerprint density at radius 2 is 0.524 bits per heavy atom. The Bertz CT molecular complexity index is 575. The zero-order chi connectivity index (χ0) is 30.6. The van der Waals surface area contributed by atoms with Gasteiger partial charge in [0.15, 0.2) is 0 Å². The summed E-state index contributed by atoms with van der Waals surface area (Å²) in [6.07, 6.45) is 46.1. The van der Waals surface area contributed by atoms with Gasteiger partial charge < -0.3 is 5.73 Å². The summed E-state index contributed by atoms with van der Waals surface area (Å²) in [5.41, 5.74) is 8.01. The molecule has 0 unspecified atom stereocenters. The van der Waals surface area contributed by atoms with Crippen LogP contribution in [-0.4, -0.2) is 0 Å². The van der Waals surface area contributed by atoms with Crippen molar-refractivity contribution in [3.8, 4) is 0 Å². The minimum Gasteiger partial charge on any atom is -0.399 e.